The molecule has 0 amide bonds. The molecule has 6 atom stereocenters. The second kappa shape index (κ2) is 7.66. The molecule has 11 heteroatoms. The molecule has 0 spiro atoms. The first-order valence-electron chi connectivity index (χ1n) is 8.55. The van der Waals surface area contributed by atoms with Gasteiger partial charge in [0.2, 0.25) is 5.96 Å². The van der Waals surface area contributed by atoms with E-state index in [0.717, 1.165) is 6.42 Å². The molecule has 0 radical (unpaired) electrons. The predicted octanol–water partition coefficient (Wildman–Crippen LogP) is -2.19. The monoisotopic (exact) mass is 367 g/mol. The van der Waals surface area contributed by atoms with Gasteiger partial charge in [-0.1, -0.05) is 13.8 Å². The number of rotatable bonds is 5. The van der Waals surface area contributed by atoms with Crippen LogP contribution in [0.4, 0.5) is 0 Å². The van der Waals surface area contributed by atoms with Crippen molar-refractivity contribution in [3.05, 3.63) is 0 Å². The summed E-state index contributed by atoms with van der Waals surface area (Å²) in [5.74, 6) is 0.973. The summed E-state index contributed by atoms with van der Waals surface area (Å²) in [4.78, 5) is 14.4. The number of hydrazone groups is 1. The first kappa shape index (κ1) is 18.7. The highest BCUT2D eigenvalue weighted by Crippen LogP contribution is 2.29. The summed E-state index contributed by atoms with van der Waals surface area (Å²) in [5, 5.41) is 33.5. The van der Waals surface area contributed by atoms with Gasteiger partial charge in [-0.15, -0.1) is 0 Å². The van der Waals surface area contributed by atoms with Gasteiger partial charge in [0.1, 0.15) is 30.2 Å². The summed E-state index contributed by atoms with van der Waals surface area (Å²) in [7, 11) is 0. The molecule has 3 heterocycles. The van der Waals surface area contributed by atoms with Crippen LogP contribution < -0.4 is 11.2 Å². The van der Waals surface area contributed by atoms with Gasteiger partial charge in [0.05, 0.1) is 12.9 Å². The molecule has 0 saturated carbocycles. The van der Waals surface area contributed by atoms with Crippen LogP contribution in [0.1, 0.15) is 20.3 Å². The SMILES string of the molecule is CC(C)CC=NNC1=NC2C(N=CN2C2OC(CO)[C@@H](O)[C@H]2O)C(N)=N1. The Bertz CT molecular complexity index is 635. The van der Waals surface area contributed by atoms with Gasteiger partial charge in [-0.2, -0.15) is 10.1 Å². The van der Waals surface area contributed by atoms with E-state index in [1.54, 1.807) is 11.1 Å². The van der Waals surface area contributed by atoms with Crippen molar-refractivity contribution in [3.8, 4) is 0 Å². The molecule has 6 N–H and O–H groups in total. The van der Waals surface area contributed by atoms with Crippen LogP contribution in [0, 0.1) is 5.92 Å². The highest BCUT2D eigenvalue weighted by atomic mass is 16.6. The largest absolute Gasteiger partial charge is 0.394 e. The molecular formula is C15H25N7O4. The van der Waals surface area contributed by atoms with Gasteiger partial charge < -0.3 is 30.7 Å². The molecular weight excluding hydrogens is 342 g/mol. The van der Waals surface area contributed by atoms with Crippen molar-refractivity contribution < 1.29 is 20.1 Å². The first-order valence-corrected chi connectivity index (χ1v) is 8.55. The zero-order valence-corrected chi connectivity index (χ0v) is 14.7. The van der Waals surface area contributed by atoms with Crippen molar-refractivity contribution >= 4 is 24.3 Å². The van der Waals surface area contributed by atoms with Gasteiger partial charge in [-0.25, -0.2) is 10.4 Å². The smallest absolute Gasteiger partial charge is 0.242 e. The lowest BCUT2D eigenvalue weighted by molar-refractivity contribution is -0.0779. The van der Waals surface area contributed by atoms with E-state index in [0.29, 0.717) is 5.92 Å². The lowest BCUT2D eigenvalue weighted by atomic mass is 10.1. The third kappa shape index (κ3) is 3.56. The second-order valence-corrected chi connectivity index (χ2v) is 6.84. The number of nitrogens with two attached hydrogens (primary N) is 1. The summed E-state index contributed by atoms with van der Waals surface area (Å²) in [6.45, 7) is 3.76. The maximum Gasteiger partial charge on any atom is 0.242 e. The average Bonchev–Trinajstić information content (AvgIpc) is 3.14. The summed E-state index contributed by atoms with van der Waals surface area (Å²) >= 11 is 0. The van der Waals surface area contributed by atoms with Crippen molar-refractivity contribution in [1.29, 1.82) is 0 Å². The predicted molar refractivity (Wildman–Crippen MR) is 95.8 cm³/mol. The molecule has 26 heavy (non-hydrogen) atoms. The Labute approximate surface area is 151 Å². The molecule has 0 aromatic heterocycles. The highest BCUT2D eigenvalue weighted by Gasteiger charge is 2.50. The lowest BCUT2D eigenvalue weighted by Crippen LogP contribution is -2.52. The molecule has 1 saturated heterocycles. The van der Waals surface area contributed by atoms with E-state index in [1.165, 1.54) is 6.34 Å². The van der Waals surface area contributed by atoms with Gasteiger partial charge in [-0.05, 0) is 12.3 Å². The summed E-state index contributed by atoms with van der Waals surface area (Å²) in [5.41, 5.74) is 8.73. The third-order valence-corrected chi connectivity index (χ3v) is 4.38. The zero-order valence-electron chi connectivity index (χ0n) is 14.7. The molecule has 3 aliphatic heterocycles. The fraction of sp³-hybridized carbons (Fsp3) is 0.733. The van der Waals surface area contributed by atoms with Crippen LogP contribution in [-0.2, 0) is 4.74 Å². The Morgan fingerprint density at radius 3 is 2.85 bits per heavy atom. The molecule has 11 nitrogen and oxygen atoms in total. The molecule has 3 rings (SSSR count). The van der Waals surface area contributed by atoms with Crippen LogP contribution in [0.5, 0.6) is 0 Å². The van der Waals surface area contributed by atoms with Crippen LogP contribution in [0.15, 0.2) is 20.1 Å². The van der Waals surface area contributed by atoms with E-state index >= 15 is 0 Å². The van der Waals surface area contributed by atoms with Gasteiger partial charge in [0.25, 0.3) is 0 Å². The summed E-state index contributed by atoms with van der Waals surface area (Å²) < 4.78 is 5.55. The summed E-state index contributed by atoms with van der Waals surface area (Å²) in [6, 6.07) is -0.513. The van der Waals surface area contributed by atoms with E-state index in [2.05, 4.69) is 39.4 Å². The van der Waals surface area contributed by atoms with Crippen molar-refractivity contribution in [2.45, 2.75) is 57.0 Å². The number of aliphatic hydroxyl groups excluding tert-OH is 3. The molecule has 4 unspecified atom stereocenters. The standard InChI is InChI=1S/C15H25N7O4/c1-7(2)3-4-18-21-15-19-12(16)9-13(20-15)22(6-17-9)14-11(25)10(24)8(5-23)26-14/h4,6-11,13-14,23-25H,3,5H2,1-2H3,(H3,16,19,20,21)/t8?,9?,10-,11-,13?,14?/m1/s1. The number of nitrogens with one attached hydrogen (secondary N) is 1. The minimum absolute atomic E-state index is 0.228. The number of hydrogen-bond donors (Lipinski definition) is 5. The molecule has 0 aromatic carbocycles. The van der Waals surface area contributed by atoms with Crippen molar-refractivity contribution in [3.63, 3.8) is 0 Å². The zero-order chi connectivity index (χ0) is 18.8. The Morgan fingerprint density at radius 1 is 1.42 bits per heavy atom. The average molecular weight is 367 g/mol. The topological polar surface area (TPSA) is 161 Å². The van der Waals surface area contributed by atoms with E-state index in [1.807, 2.05) is 0 Å². The van der Waals surface area contributed by atoms with Crippen molar-refractivity contribution in [2.75, 3.05) is 6.61 Å². The Kier molecular flexibility index (Phi) is 5.51. The van der Waals surface area contributed by atoms with Crippen LogP contribution in [0.3, 0.4) is 0 Å². The van der Waals surface area contributed by atoms with E-state index < -0.39 is 43.4 Å². The number of aliphatic imine (C=N–C) groups is 3. The first-order chi connectivity index (χ1) is 12.4. The van der Waals surface area contributed by atoms with Crippen molar-refractivity contribution in [2.24, 2.45) is 31.7 Å². The Balaban J connectivity index is 1.72. The number of amidine groups is 1. The highest BCUT2D eigenvalue weighted by molar-refractivity contribution is 6.01. The summed E-state index contributed by atoms with van der Waals surface area (Å²) in [6.07, 6.45) is -0.766. The number of nitrogens with zero attached hydrogens (tertiary/aromatic N) is 5. The minimum Gasteiger partial charge on any atom is -0.394 e. The maximum absolute atomic E-state index is 10.2. The Hall–Kier alpha value is -2.08. The molecule has 0 bridgehead atoms. The number of ether oxygens (including phenoxy) is 1. The van der Waals surface area contributed by atoms with Crippen LogP contribution in [0.2, 0.25) is 0 Å². The van der Waals surface area contributed by atoms with E-state index in [-0.39, 0.29) is 11.8 Å². The lowest BCUT2D eigenvalue weighted by Gasteiger charge is -2.32. The number of fused-ring (bicyclic) bond motifs is 1. The maximum atomic E-state index is 10.2. The number of guanidine groups is 1. The van der Waals surface area contributed by atoms with Crippen molar-refractivity contribution in [1.82, 2.24) is 10.3 Å². The van der Waals surface area contributed by atoms with Gasteiger partial charge in [0.15, 0.2) is 12.4 Å². The van der Waals surface area contributed by atoms with Gasteiger partial charge >= 0.3 is 0 Å². The molecule has 1 fully saturated rings. The van der Waals surface area contributed by atoms with Gasteiger partial charge in [0, 0.05) is 6.21 Å². The third-order valence-electron chi connectivity index (χ3n) is 4.38. The van der Waals surface area contributed by atoms with Crippen LogP contribution in [-0.4, -0.2) is 87.9 Å². The molecule has 144 valence electrons. The van der Waals surface area contributed by atoms with Crippen LogP contribution in [0.25, 0.3) is 0 Å². The van der Waals surface area contributed by atoms with E-state index in [9.17, 15) is 15.3 Å². The number of hydrogen-bond acceptors (Lipinski definition) is 11. The van der Waals surface area contributed by atoms with Gasteiger partial charge in [-0.3, -0.25) is 4.99 Å². The molecule has 0 aliphatic carbocycles. The Morgan fingerprint density at radius 2 is 2.19 bits per heavy atom. The minimum atomic E-state index is -1.21. The second-order valence-electron chi connectivity index (χ2n) is 6.84. The fourth-order valence-electron chi connectivity index (χ4n) is 2.93. The quantitative estimate of drug-likeness (QED) is 0.272. The number of aliphatic hydroxyl groups is 3. The van der Waals surface area contributed by atoms with E-state index in [4.69, 9.17) is 10.5 Å². The molecule has 3 aliphatic rings. The normalized spacial score (nSPS) is 36.6. The fourth-order valence-corrected chi connectivity index (χ4v) is 2.93. The molecule has 0 aromatic rings. The van der Waals surface area contributed by atoms with Crippen LogP contribution >= 0.6 is 0 Å².